The van der Waals surface area contributed by atoms with Gasteiger partial charge in [-0.2, -0.15) is 0 Å². The highest BCUT2D eigenvalue weighted by Crippen LogP contribution is 2.11. The summed E-state index contributed by atoms with van der Waals surface area (Å²) in [5.41, 5.74) is 6.87. The Morgan fingerprint density at radius 2 is 1.71 bits per heavy atom. The van der Waals surface area contributed by atoms with Gasteiger partial charge in [0.15, 0.2) is 0 Å². The van der Waals surface area contributed by atoms with Crippen molar-refractivity contribution in [3.05, 3.63) is 29.8 Å². The molecule has 0 spiro atoms. The Hall–Kier alpha value is -1.59. The number of hydrogen-bond donors (Lipinski definition) is 3. The van der Waals surface area contributed by atoms with E-state index in [0.717, 1.165) is 6.42 Å². The summed E-state index contributed by atoms with van der Waals surface area (Å²) in [5.74, 6) is -0.247. The monoisotopic (exact) mass is 313 g/mol. The second-order valence-corrected chi connectivity index (χ2v) is 5.24. The van der Waals surface area contributed by atoms with E-state index in [9.17, 15) is 9.59 Å². The Balaban J connectivity index is 0.00000400. The SMILES string of the molecule is CC(N)CCNC(=O)c1ccc(NC(=O)C(C)C)cc1.Cl. The minimum Gasteiger partial charge on any atom is -0.352 e. The number of carbonyl (C=O) groups is 2. The normalized spacial score (nSPS) is 11.5. The fourth-order valence-corrected chi connectivity index (χ4v) is 1.51. The zero-order valence-electron chi connectivity index (χ0n) is 12.7. The molecule has 0 saturated carbocycles. The van der Waals surface area contributed by atoms with E-state index in [1.165, 1.54) is 0 Å². The number of amides is 2. The van der Waals surface area contributed by atoms with Gasteiger partial charge in [-0.05, 0) is 37.6 Å². The van der Waals surface area contributed by atoms with Crippen molar-refractivity contribution in [2.75, 3.05) is 11.9 Å². The lowest BCUT2D eigenvalue weighted by Crippen LogP contribution is -2.28. The Bertz CT molecular complexity index is 458. The number of rotatable bonds is 6. The van der Waals surface area contributed by atoms with E-state index in [1.807, 2.05) is 20.8 Å². The summed E-state index contributed by atoms with van der Waals surface area (Å²) in [6.07, 6.45) is 0.744. The first-order valence-corrected chi connectivity index (χ1v) is 6.85. The third-order valence-electron chi connectivity index (χ3n) is 2.82. The molecule has 1 atom stereocenters. The number of halogens is 1. The van der Waals surface area contributed by atoms with Crippen LogP contribution in [0, 0.1) is 5.92 Å². The first-order valence-electron chi connectivity index (χ1n) is 6.85. The van der Waals surface area contributed by atoms with Gasteiger partial charge in [-0.15, -0.1) is 12.4 Å². The zero-order chi connectivity index (χ0) is 15.1. The Kier molecular flexibility index (Phi) is 8.66. The van der Waals surface area contributed by atoms with Gasteiger partial charge in [-0.25, -0.2) is 0 Å². The van der Waals surface area contributed by atoms with Crippen molar-refractivity contribution in [3.8, 4) is 0 Å². The average Bonchev–Trinajstić information content (AvgIpc) is 2.38. The molecule has 0 bridgehead atoms. The molecule has 21 heavy (non-hydrogen) atoms. The summed E-state index contributed by atoms with van der Waals surface area (Å²) < 4.78 is 0. The predicted molar refractivity (Wildman–Crippen MR) is 87.8 cm³/mol. The molecular formula is C15H24ClN3O2. The number of nitrogens with one attached hydrogen (secondary N) is 2. The second kappa shape index (κ2) is 9.37. The third-order valence-corrected chi connectivity index (χ3v) is 2.82. The van der Waals surface area contributed by atoms with E-state index in [-0.39, 0.29) is 36.2 Å². The summed E-state index contributed by atoms with van der Waals surface area (Å²) in [4.78, 5) is 23.4. The lowest BCUT2D eigenvalue weighted by molar-refractivity contribution is -0.118. The molecular weight excluding hydrogens is 290 g/mol. The van der Waals surface area contributed by atoms with Crippen LogP contribution < -0.4 is 16.4 Å². The molecule has 0 aliphatic rings. The van der Waals surface area contributed by atoms with Crippen molar-refractivity contribution in [1.82, 2.24) is 5.32 Å². The van der Waals surface area contributed by atoms with Gasteiger partial charge in [0, 0.05) is 29.8 Å². The fraction of sp³-hybridized carbons (Fsp3) is 0.467. The highest BCUT2D eigenvalue weighted by atomic mass is 35.5. The lowest BCUT2D eigenvalue weighted by atomic mass is 10.1. The van der Waals surface area contributed by atoms with Crippen molar-refractivity contribution in [1.29, 1.82) is 0 Å². The van der Waals surface area contributed by atoms with Crippen molar-refractivity contribution in [2.24, 2.45) is 11.7 Å². The van der Waals surface area contributed by atoms with E-state index < -0.39 is 0 Å². The number of carbonyl (C=O) groups excluding carboxylic acids is 2. The molecule has 1 unspecified atom stereocenters. The van der Waals surface area contributed by atoms with Gasteiger partial charge in [0.05, 0.1) is 0 Å². The first kappa shape index (κ1) is 19.4. The molecule has 0 aliphatic heterocycles. The topological polar surface area (TPSA) is 84.2 Å². The summed E-state index contributed by atoms with van der Waals surface area (Å²) >= 11 is 0. The van der Waals surface area contributed by atoms with E-state index in [4.69, 9.17) is 5.73 Å². The summed E-state index contributed by atoms with van der Waals surface area (Å²) in [6.45, 7) is 6.12. The van der Waals surface area contributed by atoms with Crippen LogP contribution in [0.15, 0.2) is 24.3 Å². The molecule has 0 heterocycles. The zero-order valence-corrected chi connectivity index (χ0v) is 13.5. The van der Waals surface area contributed by atoms with E-state index >= 15 is 0 Å². The van der Waals surface area contributed by atoms with Gasteiger partial charge in [0.2, 0.25) is 5.91 Å². The van der Waals surface area contributed by atoms with Gasteiger partial charge in [-0.3, -0.25) is 9.59 Å². The minimum atomic E-state index is -0.132. The molecule has 6 heteroatoms. The van der Waals surface area contributed by atoms with Crippen molar-refractivity contribution < 1.29 is 9.59 Å². The smallest absolute Gasteiger partial charge is 0.251 e. The maximum Gasteiger partial charge on any atom is 0.251 e. The molecule has 118 valence electrons. The summed E-state index contributed by atoms with van der Waals surface area (Å²) in [7, 11) is 0. The van der Waals surface area contributed by atoms with Crippen molar-refractivity contribution >= 4 is 29.9 Å². The Morgan fingerprint density at radius 3 is 2.19 bits per heavy atom. The molecule has 4 N–H and O–H groups in total. The first-order chi connectivity index (χ1) is 9.40. The molecule has 0 radical (unpaired) electrons. The second-order valence-electron chi connectivity index (χ2n) is 5.24. The van der Waals surface area contributed by atoms with Crippen LogP contribution in [0.4, 0.5) is 5.69 Å². The molecule has 0 aliphatic carbocycles. The highest BCUT2D eigenvalue weighted by Gasteiger charge is 2.08. The van der Waals surface area contributed by atoms with Gasteiger partial charge in [0.25, 0.3) is 5.91 Å². The Labute approximate surface area is 132 Å². The van der Waals surface area contributed by atoms with Crippen LogP contribution in [-0.2, 0) is 4.79 Å². The summed E-state index contributed by atoms with van der Waals surface area (Å²) in [6, 6.07) is 6.90. The Morgan fingerprint density at radius 1 is 1.14 bits per heavy atom. The molecule has 1 rings (SSSR count). The molecule has 0 aromatic heterocycles. The van der Waals surface area contributed by atoms with Crippen LogP contribution in [0.3, 0.4) is 0 Å². The number of anilines is 1. The van der Waals surface area contributed by atoms with Gasteiger partial charge in [-0.1, -0.05) is 13.8 Å². The fourth-order valence-electron chi connectivity index (χ4n) is 1.51. The van der Waals surface area contributed by atoms with Gasteiger partial charge in [0.1, 0.15) is 0 Å². The molecule has 1 aromatic rings. The number of nitrogens with two attached hydrogens (primary N) is 1. The highest BCUT2D eigenvalue weighted by molar-refractivity contribution is 5.96. The molecule has 2 amide bonds. The standard InChI is InChI=1S/C15H23N3O2.ClH/c1-10(2)14(19)18-13-6-4-12(5-7-13)15(20)17-9-8-11(3)16;/h4-7,10-11H,8-9,16H2,1-3H3,(H,17,20)(H,18,19);1H. The van der Waals surface area contributed by atoms with Crippen LogP contribution >= 0.6 is 12.4 Å². The lowest BCUT2D eigenvalue weighted by Gasteiger charge is -2.09. The quantitative estimate of drug-likeness (QED) is 0.752. The van der Waals surface area contributed by atoms with Crippen LogP contribution in [0.25, 0.3) is 0 Å². The minimum absolute atomic E-state index is 0. The largest absolute Gasteiger partial charge is 0.352 e. The average molecular weight is 314 g/mol. The summed E-state index contributed by atoms with van der Waals surface area (Å²) in [5, 5.41) is 5.58. The molecule has 1 aromatic carbocycles. The maximum atomic E-state index is 11.8. The van der Waals surface area contributed by atoms with Crippen molar-refractivity contribution in [2.45, 2.75) is 33.2 Å². The van der Waals surface area contributed by atoms with Crippen LogP contribution in [0.2, 0.25) is 0 Å². The van der Waals surface area contributed by atoms with Crippen LogP contribution in [-0.4, -0.2) is 24.4 Å². The predicted octanol–water partition coefficient (Wildman–Crippen LogP) is 2.17. The van der Waals surface area contributed by atoms with Crippen molar-refractivity contribution in [3.63, 3.8) is 0 Å². The maximum absolute atomic E-state index is 11.8. The van der Waals surface area contributed by atoms with E-state index in [2.05, 4.69) is 10.6 Å². The number of benzene rings is 1. The van der Waals surface area contributed by atoms with Gasteiger partial charge < -0.3 is 16.4 Å². The molecule has 0 fully saturated rings. The van der Waals surface area contributed by atoms with E-state index in [0.29, 0.717) is 17.8 Å². The van der Waals surface area contributed by atoms with Crippen LogP contribution in [0.1, 0.15) is 37.6 Å². The molecule has 5 nitrogen and oxygen atoms in total. The van der Waals surface area contributed by atoms with Crippen LogP contribution in [0.5, 0.6) is 0 Å². The third kappa shape index (κ3) is 7.11. The number of hydrogen-bond acceptors (Lipinski definition) is 3. The van der Waals surface area contributed by atoms with Gasteiger partial charge >= 0.3 is 0 Å². The van der Waals surface area contributed by atoms with E-state index in [1.54, 1.807) is 24.3 Å². The molecule has 0 saturated heterocycles.